The van der Waals surface area contributed by atoms with Crippen molar-refractivity contribution < 1.29 is 17.9 Å². The molecule has 1 aliphatic heterocycles. The quantitative estimate of drug-likeness (QED) is 0.431. The minimum Gasteiger partial charge on any atom is -0.359 e. The molecule has 178 valence electrons. The Morgan fingerprint density at radius 2 is 1.94 bits per heavy atom. The fourth-order valence-electron chi connectivity index (χ4n) is 4.00. The molecule has 2 aromatic carbocycles. The maximum Gasteiger partial charge on any atom is 0.255 e. The zero-order valence-corrected chi connectivity index (χ0v) is 20.3. The Morgan fingerprint density at radius 3 is 2.74 bits per heavy atom. The van der Waals surface area contributed by atoms with Crippen LogP contribution in [-0.2, 0) is 14.8 Å². The summed E-state index contributed by atoms with van der Waals surface area (Å²) in [5, 5.41) is 4.25. The third-order valence-corrected chi connectivity index (χ3v) is 7.78. The van der Waals surface area contributed by atoms with Gasteiger partial charge in [0.2, 0.25) is 10.0 Å². The van der Waals surface area contributed by atoms with Crippen LogP contribution < -0.4 is 9.62 Å². The number of halogens is 1. The number of nitrogens with one attached hydrogen (secondary N) is 1. The molecule has 2 aromatic heterocycles. The van der Waals surface area contributed by atoms with Gasteiger partial charge in [0.25, 0.3) is 5.91 Å². The number of carbonyl (C=O) groups excluding carboxylic acids is 1. The molecule has 1 aliphatic rings. The summed E-state index contributed by atoms with van der Waals surface area (Å²) in [4.78, 5) is 21.9. The number of hydrogen-bond donors (Lipinski definition) is 1. The number of pyridine rings is 2. The number of sulfonamides is 1. The third-order valence-electron chi connectivity index (χ3n) is 5.78. The van der Waals surface area contributed by atoms with E-state index in [1.165, 1.54) is 4.31 Å². The number of amides is 1. The van der Waals surface area contributed by atoms with Crippen LogP contribution in [0.4, 0.5) is 11.4 Å². The van der Waals surface area contributed by atoms with Gasteiger partial charge in [-0.3, -0.25) is 14.8 Å². The van der Waals surface area contributed by atoms with Gasteiger partial charge >= 0.3 is 0 Å². The van der Waals surface area contributed by atoms with E-state index >= 15 is 0 Å². The molecule has 10 heteroatoms. The normalized spacial score (nSPS) is 15.2. The second kappa shape index (κ2) is 9.26. The van der Waals surface area contributed by atoms with E-state index in [1.54, 1.807) is 55.7 Å². The molecule has 35 heavy (non-hydrogen) atoms. The highest BCUT2D eigenvalue weighted by Gasteiger charge is 2.27. The molecular weight excluding hydrogens is 488 g/mol. The van der Waals surface area contributed by atoms with Gasteiger partial charge in [0.05, 0.1) is 34.3 Å². The summed E-state index contributed by atoms with van der Waals surface area (Å²) in [7, 11) is -3.44. The Labute approximate surface area is 207 Å². The fourth-order valence-corrected chi connectivity index (χ4v) is 5.42. The van der Waals surface area contributed by atoms with E-state index in [0.29, 0.717) is 38.8 Å². The highest BCUT2D eigenvalue weighted by atomic mass is 35.5. The van der Waals surface area contributed by atoms with Gasteiger partial charge in [-0.1, -0.05) is 11.6 Å². The zero-order chi connectivity index (χ0) is 24.6. The zero-order valence-electron chi connectivity index (χ0n) is 18.7. The molecule has 0 spiro atoms. The van der Waals surface area contributed by atoms with Gasteiger partial charge in [-0.05, 0) is 67.1 Å². The van der Waals surface area contributed by atoms with Crippen LogP contribution >= 0.6 is 11.6 Å². The molecule has 0 atom stereocenters. The molecule has 0 saturated carbocycles. The molecule has 1 fully saturated rings. The number of ether oxygens (including phenoxy) is 1. The topological polar surface area (TPSA) is 101 Å². The lowest BCUT2D eigenvalue weighted by Crippen LogP contribution is -2.41. The highest BCUT2D eigenvalue weighted by molar-refractivity contribution is 7.92. The van der Waals surface area contributed by atoms with Crippen LogP contribution in [0.5, 0.6) is 0 Å². The molecule has 4 aromatic rings. The van der Waals surface area contributed by atoms with Gasteiger partial charge in [-0.25, -0.2) is 12.7 Å². The second-order valence-electron chi connectivity index (χ2n) is 8.08. The summed E-state index contributed by atoms with van der Waals surface area (Å²) in [5.41, 5.74) is 4.20. The second-order valence-corrected chi connectivity index (χ2v) is 10.5. The van der Waals surface area contributed by atoms with Gasteiger partial charge < -0.3 is 10.1 Å². The summed E-state index contributed by atoms with van der Waals surface area (Å²) in [6, 6.07) is 15.7. The lowest BCUT2D eigenvalue weighted by Gasteiger charge is -2.28. The maximum atomic E-state index is 13.1. The lowest BCUT2D eigenvalue weighted by molar-refractivity contribution is 0.102. The van der Waals surface area contributed by atoms with Crippen molar-refractivity contribution in [3.8, 4) is 11.3 Å². The van der Waals surface area contributed by atoms with Gasteiger partial charge in [-0.15, -0.1) is 0 Å². The smallest absolute Gasteiger partial charge is 0.255 e. The van der Waals surface area contributed by atoms with Gasteiger partial charge in [0.15, 0.2) is 0 Å². The standard InChI is InChI=1S/C25H21ClN4O4S/c1-16-13-18(30-15-34-11-12-35(30,32)33)5-6-19(16)25(31)29-17-4-7-22(26)21(14-17)24-20-3-2-9-27-23(20)8-10-28-24/h2-10,13-14H,11-12,15H2,1H3,(H,29,31). The van der Waals surface area contributed by atoms with Crippen molar-refractivity contribution >= 4 is 49.8 Å². The van der Waals surface area contributed by atoms with Crippen LogP contribution in [-0.4, -0.2) is 43.4 Å². The predicted molar refractivity (Wildman–Crippen MR) is 136 cm³/mol. The van der Waals surface area contributed by atoms with Crippen molar-refractivity contribution in [2.24, 2.45) is 0 Å². The van der Waals surface area contributed by atoms with E-state index in [1.807, 2.05) is 18.2 Å². The highest BCUT2D eigenvalue weighted by Crippen LogP contribution is 2.33. The molecular formula is C25H21ClN4O4S. The number of rotatable bonds is 4. The van der Waals surface area contributed by atoms with Crippen LogP contribution in [0, 0.1) is 6.92 Å². The molecule has 0 radical (unpaired) electrons. The molecule has 1 saturated heterocycles. The Balaban J connectivity index is 1.43. The minimum atomic E-state index is -3.44. The first-order chi connectivity index (χ1) is 16.8. The van der Waals surface area contributed by atoms with E-state index in [4.69, 9.17) is 16.3 Å². The van der Waals surface area contributed by atoms with E-state index < -0.39 is 10.0 Å². The van der Waals surface area contributed by atoms with Crippen LogP contribution in [0.2, 0.25) is 5.02 Å². The predicted octanol–water partition coefficient (Wildman–Crippen LogP) is 4.63. The third kappa shape index (κ3) is 4.58. The van der Waals surface area contributed by atoms with Crippen LogP contribution in [0.15, 0.2) is 67.0 Å². The maximum absolute atomic E-state index is 13.1. The number of fused-ring (bicyclic) bond motifs is 1. The number of aromatic nitrogens is 2. The summed E-state index contributed by atoms with van der Waals surface area (Å²) in [5.74, 6) is -0.401. The van der Waals surface area contributed by atoms with E-state index in [2.05, 4.69) is 15.3 Å². The Bertz CT molecular complexity index is 1550. The van der Waals surface area contributed by atoms with Crippen LogP contribution in [0.1, 0.15) is 15.9 Å². The Morgan fingerprint density at radius 1 is 1.09 bits per heavy atom. The Hall–Kier alpha value is -3.53. The van der Waals surface area contributed by atoms with Crippen molar-refractivity contribution in [2.45, 2.75) is 6.92 Å². The number of benzene rings is 2. The van der Waals surface area contributed by atoms with Crippen molar-refractivity contribution in [2.75, 3.05) is 28.7 Å². The molecule has 3 heterocycles. The van der Waals surface area contributed by atoms with E-state index in [-0.39, 0.29) is 25.0 Å². The molecule has 5 rings (SSSR count). The summed E-state index contributed by atoms with van der Waals surface area (Å²) in [6.45, 7) is 1.89. The largest absolute Gasteiger partial charge is 0.359 e. The van der Waals surface area contributed by atoms with Crippen molar-refractivity contribution in [3.63, 3.8) is 0 Å². The van der Waals surface area contributed by atoms with Crippen molar-refractivity contribution in [1.82, 2.24) is 9.97 Å². The number of anilines is 2. The molecule has 8 nitrogen and oxygen atoms in total. The monoisotopic (exact) mass is 508 g/mol. The lowest BCUT2D eigenvalue weighted by atomic mass is 10.0. The van der Waals surface area contributed by atoms with Gasteiger partial charge in [0.1, 0.15) is 6.73 Å². The first-order valence-corrected chi connectivity index (χ1v) is 12.8. The van der Waals surface area contributed by atoms with Crippen LogP contribution in [0.3, 0.4) is 0 Å². The minimum absolute atomic E-state index is 0.0431. The fraction of sp³-hybridized carbons (Fsp3) is 0.160. The van der Waals surface area contributed by atoms with Gasteiger partial charge in [-0.2, -0.15) is 0 Å². The molecule has 0 bridgehead atoms. The van der Waals surface area contributed by atoms with E-state index in [0.717, 1.165) is 10.9 Å². The first kappa shape index (κ1) is 23.2. The SMILES string of the molecule is Cc1cc(N2COCCS2(=O)=O)ccc1C(=O)Nc1ccc(Cl)c(-c2nccc3ncccc23)c1. The average molecular weight is 509 g/mol. The number of carbonyl (C=O) groups is 1. The molecule has 0 unspecified atom stereocenters. The Kier molecular flexibility index (Phi) is 6.14. The first-order valence-electron chi connectivity index (χ1n) is 10.8. The summed E-state index contributed by atoms with van der Waals surface area (Å²) in [6.07, 6.45) is 3.39. The van der Waals surface area contributed by atoms with E-state index in [9.17, 15) is 13.2 Å². The van der Waals surface area contributed by atoms with Crippen LogP contribution in [0.25, 0.3) is 22.2 Å². The average Bonchev–Trinajstić information content (AvgIpc) is 2.84. The number of aryl methyl sites for hydroxylation is 1. The number of nitrogens with zero attached hydrogens (tertiary/aromatic N) is 3. The summed E-state index contributed by atoms with van der Waals surface area (Å²) < 4.78 is 31.2. The molecule has 1 N–H and O–H groups in total. The van der Waals surface area contributed by atoms with Crippen molar-refractivity contribution in [3.05, 3.63) is 83.1 Å². The molecule has 1 amide bonds. The van der Waals surface area contributed by atoms with Crippen molar-refractivity contribution in [1.29, 1.82) is 0 Å². The summed E-state index contributed by atoms with van der Waals surface area (Å²) >= 11 is 6.49. The number of hydrogen-bond acceptors (Lipinski definition) is 6. The van der Waals surface area contributed by atoms with Gasteiger partial charge in [0, 0.05) is 34.6 Å². The molecule has 0 aliphatic carbocycles.